The number of rotatable bonds is 3. The lowest BCUT2D eigenvalue weighted by Crippen LogP contribution is -2.28. The molecule has 3 rings (SSSR count). The highest BCUT2D eigenvalue weighted by Crippen LogP contribution is 2.32. The molecule has 2 heterocycles. The molecule has 0 aliphatic rings. The van der Waals surface area contributed by atoms with Crippen molar-refractivity contribution in [3.05, 3.63) is 52.5 Å². The second-order valence-corrected chi connectivity index (χ2v) is 5.16. The molecule has 3 aromatic rings. The number of para-hydroxylation sites is 1. The maximum Gasteiger partial charge on any atom is 0.152 e. The smallest absolute Gasteiger partial charge is 0.152 e. The van der Waals surface area contributed by atoms with E-state index in [9.17, 15) is 0 Å². The molecule has 0 aliphatic heterocycles. The van der Waals surface area contributed by atoms with Gasteiger partial charge >= 0.3 is 0 Å². The summed E-state index contributed by atoms with van der Waals surface area (Å²) in [7, 11) is 1.87. The van der Waals surface area contributed by atoms with Crippen molar-refractivity contribution in [2.24, 2.45) is 12.9 Å². The van der Waals surface area contributed by atoms with Crippen molar-refractivity contribution in [2.75, 3.05) is 0 Å². The molecule has 1 atom stereocenters. The molecule has 3 N–H and O–H groups in total. The molecular formula is C14H15ClN4O. The third kappa shape index (κ3) is 2.10. The second-order valence-electron chi connectivity index (χ2n) is 4.75. The first-order valence-corrected chi connectivity index (χ1v) is 6.62. The van der Waals surface area contributed by atoms with Gasteiger partial charge < -0.3 is 4.42 Å². The predicted molar refractivity (Wildman–Crippen MR) is 78.3 cm³/mol. The molecular weight excluding hydrogens is 276 g/mol. The first-order chi connectivity index (χ1) is 9.60. The van der Waals surface area contributed by atoms with Gasteiger partial charge in [-0.05, 0) is 19.1 Å². The lowest BCUT2D eigenvalue weighted by atomic mass is 10.1. The summed E-state index contributed by atoms with van der Waals surface area (Å²) < 4.78 is 7.61. The van der Waals surface area contributed by atoms with Gasteiger partial charge in [-0.15, -0.1) is 0 Å². The number of hydrogen-bond acceptors (Lipinski definition) is 4. The fraction of sp³-hybridized carbons (Fsp3) is 0.214. The number of fused-ring (bicyclic) bond motifs is 1. The molecule has 0 spiro atoms. The lowest BCUT2D eigenvalue weighted by molar-refractivity contribution is 0.476. The SMILES string of the molecule is Cc1nn(C)cc1C(NN)c1cc2cccc(Cl)c2o1. The van der Waals surface area contributed by atoms with Crippen LogP contribution in [0.4, 0.5) is 0 Å². The number of nitrogens with one attached hydrogen (secondary N) is 1. The fourth-order valence-electron chi connectivity index (χ4n) is 2.42. The van der Waals surface area contributed by atoms with Gasteiger partial charge in [0.1, 0.15) is 11.8 Å². The minimum atomic E-state index is -0.257. The average molecular weight is 291 g/mol. The lowest BCUT2D eigenvalue weighted by Gasteiger charge is -2.12. The Kier molecular flexibility index (Phi) is 3.25. The van der Waals surface area contributed by atoms with Gasteiger partial charge in [0.05, 0.1) is 10.7 Å². The van der Waals surface area contributed by atoms with Crippen molar-refractivity contribution < 1.29 is 4.42 Å². The van der Waals surface area contributed by atoms with Crippen LogP contribution in [0.15, 0.2) is 34.9 Å². The van der Waals surface area contributed by atoms with E-state index in [1.54, 1.807) is 10.7 Å². The molecule has 0 saturated carbocycles. The van der Waals surface area contributed by atoms with E-state index in [1.807, 2.05) is 38.4 Å². The molecule has 0 bridgehead atoms. The highest BCUT2D eigenvalue weighted by atomic mass is 35.5. The van der Waals surface area contributed by atoms with Gasteiger partial charge in [0.15, 0.2) is 5.58 Å². The van der Waals surface area contributed by atoms with Crippen LogP contribution in [0.1, 0.15) is 23.1 Å². The highest BCUT2D eigenvalue weighted by molar-refractivity contribution is 6.34. The first kappa shape index (κ1) is 13.2. The Morgan fingerprint density at radius 1 is 1.45 bits per heavy atom. The zero-order valence-electron chi connectivity index (χ0n) is 11.2. The molecule has 2 aromatic heterocycles. The number of hydrazine groups is 1. The quantitative estimate of drug-likeness (QED) is 0.575. The number of furan rings is 1. The van der Waals surface area contributed by atoms with Crippen LogP contribution < -0.4 is 11.3 Å². The van der Waals surface area contributed by atoms with Crippen LogP contribution in [0, 0.1) is 6.92 Å². The van der Waals surface area contributed by atoms with Crippen molar-refractivity contribution in [1.82, 2.24) is 15.2 Å². The zero-order valence-corrected chi connectivity index (χ0v) is 12.0. The minimum Gasteiger partial charge on any atom is -0.457 e. The molecule has 5 nitrogen and oxygen atoms in total. The number of nitrogens with zero attached hydrogens (tertiary/aromatic N) is 2. The van der Waals surface area contributed by atoms with Crippen LogP contribution in [0.5, 0.6) is 0 Å². The van der Waals surface area contributed by atoms with Crippen molar-refractivity contribution in [2.45, 2.75) is 13.0 Å². The predicted octanol–water partition coefficient (Wildman–Crippen LogP) is 2.68. The molecule has 104 valence electrons. The fourth-order valence-corrected chi connectivity index (χ4v) is 2.64. The van der Waals surface area contributed by atoms with Crippen molar-refractivity contribution in [3.8, 4) is 0 Å². The first-order valence-electron chi connectivity index (χ1n) is 6.24. The number of aryl methyl sites for hydroxylation is 2. The Morgan fingerprint density at radius 2 is 2.25 bits per heavy atom. The summed E-state index contributed by atoms with van der Waals surface area (Å²) in [6.45, 7) is 1.94. The van der Waals surface area contributed by atoms with Gasteiger partial charge in [-0.1, -0.05) is 23.7 Å². The number of aromatic nitrogens is 2. The summed E-state index contributed by atoms with van der Waals surface area (Å²) in [4.78, 5) is 0. The summed E-state index contributed by atoms with van der Waals surface area (Å²) in [5.41, 5.74) is 5.33. The number of halogens is 1. The van der Waals surface area contributed by atoms with Crippen LogP contribution in [0.3, 0.4) is 0 Å². The minimum absolute atomic E-state index is 0.257. The van der Waals surface area contributed by atoms with Crippen molar-refractivity contribution in [3.63, 3.8) is 0 Å². The average Bonchev–Trinajstić information content (AvgIpc) is 2.96. The van der Waals surface area contributed by atoms with Crippen LogP contribution in [0.2, 0.25) is 5.02 Å². The molecule has 0 saturated heterocycles. The normalized spacial score (nSPS) is 13.0. The van der Waals surface area contributed by atoms with Crippen LogP contribution in [-0.4, -0.2) is 9.78 Å². The van der Waals surface area contributed by atoms with Gasteiger partial charge in [0, 0.05) is 24.2 Å². The van der Waals surface area contributed by atoms with Crippen LogP contribution in [0.25, 0.3) is 11.0 Å². The van der Waals surface area contributed by atoms with Crippen LogP contribution >= 0.6 is 11.6 Å². The molecule has 1 unspecified atom stereocenters. The van der Waals surface area contributed by atoms with Crippen molar-refractivity contribution >= 4 is 22.6 Å². The molecule has 0 radical (unpaired) electrons. The summed E-state index contributed by atoms with van der Waals surface area (Å²) in [5.74, 6) is 6.41. The largest absolute Gasteiger partial charge is 0.457 e. The van der Waals surface area contributed by atoms with E-state index in [1.165, 1.54) is 0 Å². The topological polar surface area (TPSA) is 69.0 Å². The van der Waals surface area contributed by atoms with E-state index in [0.29, 0.717) is 16.4 Å². The zero-order chi connectivity index (χ0) is 14.3. The Hall–Kier alpha value is -1.82. The third-order valence-corrected chi connectivity index (χ3v) is 3.63. The number of nitrogens with two attached hydrogens (primary N) is 1. The monoisotopic (exact) mass is 290 g/mol. The Balaban J connectivity index is 2.12. The molecule has 6 heteroatoms. The summed E-state index contributed by atoms with van der Waals surface area (Å²) in [5, 5.41) is 5.87. The summed E-state index contributed by atoms with van der Waals surface area (Å²) in [6, 6.07) is 7.34. The maximum absolute atomic E-state index is 6.14. The standard InChI is InChI=1S/C14H15ClN4O/c1-8-10(7-19(2)18-8)13(17-16)12-6-9-4-3-5-11(15)14(9)20-12/h3-7,13,17H,16H2,1-2H3. The Labute approximate surface area is 121 Å². The summed E-state index contributed by atoms with van der Waals surface area (Å²) in [6.07, 6.45) is 1.93. The van der Waals surface area contributed by atoms with Crippen molar-refractivity contribution in [1.29, 1.82) is 0 Å². The summed E-state index contributed by atoms with van der Waals surface area (Å²) >= 11 is 6.14. The number of hydrogen-bond donors (Lipinski definition) is 2. The van der Waals surface area contributed by atoms with E-state index >= 15 is 0 Å². The van der Waals surface area contributed by atoms with Gasteiger partial charge in [0.25, 0.3) is 0 Å². The van der Waals surface area contributed by atoms with Gasteiger partial charge in [0.2, 0.25) is 0 Å². The Bertz CT molecular complexity index is 762. The van der Waals surface area contributed by atoms with E-state index in [0.717, 1.165) is 16.6 Å². The van der Waals surface area contributed by atoms with E-state index in [2.05, 4.69) is 10.5 Å². The molecule has 0 aliphatic carbocycles. The van der Waals surface area contributed by atoms with E-state index < -0.39 is 0 Å². The second kappa shape index (κ2) is 4.94. The van der Waals surface area contributed by atoms with E-state index in [-0.39, 0.29) is 6.04 Å². The third-order valence-electron chi connectivity index (χ3n) is 3.33. The van der Waals surface area contributed by atoms with Crippen LogP contribution in [-0.2, 0) is 7.05 Å². The molecule has 1 aromatic carbocycles. The molecule has 20 heavy (non-hydrogen) atoms. The highest BCUT2D eigenvalue weighted by Gasteiger charge is 2.21. The van der Waals surface area contributed by atoms with Gasteiger partial charge in [-0.25, -0.2) is 5.43 Å². The maximum atomic E-state index is 6.14. The van der Waals surface area contributed by atoms with E-state index in [4.69, 9.17) is 21.9 Å². The van der Waals surface area contributed by atoms with Gasteiger partial charge in [-0.2, -0.15) is 5.10 Å². The molecule has 0 amide bonds. The number of benzene rings is 1. The molecule has 0 fully saturated rings. The van der Waals surface area contributed by atoms with Gasteiger partial charge in [-0.3, -0.25) is 10.5 Å². The Morgan fingerprint density at radius 3 is 2.85 bits per heavy atom.